The molecule has 1 aliphatic heterocycles. The predicted octanol–water partition coefficient (Wildman–Crippen LogP) is 3.50. The molecule has 1 aromatic rings. The molecule has 5 heteroatoms. The molecule has 0 fully saturated rings. The Morgan fingerprint density at radius 3 is 2.73 bits per heavy atom. The summed E-state index contributed by atoms with van der Waals surface area (Å²) in [6, 6.07) is 0.455. The third-order valence-corrected chi connectivity index (χ3v) is 3.40. The maximum Gasteiger partial charge on any atom is 0.166 e. The van der Waals surface area contributed by atoms with Crippen LogP contribution in [0.4, 0.5) is 5.82 Å². The van der Waals surface area contributed by atoms with Gasteiger partial charge in [-0.3, -0.25) is 0 Å². The molecule has 2 rings (SSSR count). The van der Waals surface area contributed by atoms with Crippen LogP contribution in [0.25, 0.3) is 0 Å². The first-order valence-corrected chi connectivity index (χ1v) is 6.32. The average Bonchev–Trinajstić information content (AvgIpc) is 2.48. The Hall–Kier alpha value is -0.420. The summed E-state index contributed by atoms with van der Waals surface area (Å²) in [5, 5.41) is 0. The van der Waals surface area contributed by atoms with Gasteiger partial charge < -0.3 is 4.90 Å². The molecule has 0 saturated carbocycles. The summed E-state index contributed by atoms with van der Waals surface area (Å²) in [6.45, 7) is 4.28. The largest absolute Gasteiger partial charge is 0.325 e. The van der Waals surface area contributed by atoms with Crippen LogP contribution in [0.1, 0.15) is 20.3 Å². The fraction of sp³-hybridized carbons (Fsp3) is 0.400. The van der Waals surface area contributed by atoms with Crippen LogP contribution in [-0.4, -0.2) is 16.0 Å². The van der Waals surface area contributed by atoms with Gasteiger partial charge in [0.15, 0.2) is 5.82 Å². The van der Waals surface area contributed by atoms with E-state index in [9.17, 15) is 0 Å². The number of hydrogen-bond acceptors (Lipinski definition) is 3. The topological polar surface area (TPSA) is 29.0 Å². The van der Waals surface area contributed by atoms with Gasteiger partial charge in [-0.25, -0.2) is 9.97 Å². The Morgan fingerprint density at radius 2 is 2.20 bits per heavy atom. The summed E-state index contributed by atoms with van der Waals surface area (Å²) in [5.41, 5.74) is 1.24. The van der Waals surface area contributed by atoms with E-state index in [0.29, 0.717) is 6.04 Å². The Labute approximate surface area is 106 Å². The molecular formula is C10H11Br2N3. The smallest absolute Gasteiger partial charge is 0.166 e. The van der Waals surface area contributed by atoms with Gasteiger partial charge in [-0.05, 0) is 52.1 Å². The van der Waals surface area contributed by atoms with E-state index < -0.39 is 0 Å². The first kappa shape index (κ1) is 11.1. The van der Waals surface area contributed by atoms with E-state index in [1.165, 1.54) is 5.70 Å². The van der Waals surface area contributed by atoms with E-state index in [-0.39, 0.29) is 0 Å². The van der Waals surface area contributed by atoms with Crippen LogP contribution >= 0.6 is 31.9 Å². The molecule has 15 heavy (non-hydrogen) atoms. The molecule has 1 unspecified atom stereocenters. The molecule has 2 heterocycles. The van der Waals surface area contributed by atoms with Crippen LogP contribution in [0.5, 0.6) is 0 Å². The van der Waals surface area contributed by atoms with Crippen LogP contribution < -0.4 is 4.90 Å². The number of nitrogens with zero attached hydrogens (tertiary/aromatic N) is 3. The lowest BCUT2D eigenvalue weighted by atomic mass is 10.3. The molecule has 0 aliphatic carbocycles. The zero-order chi connectivity index (χ0) is 11.0. The van der Waals surface area contributed by atoms with Gasteiger partial charge >= 0.3 is 0 Å². The second-order valence-electron chi connectivity index (χ2n) is 3.61. The van der Waals surface area contributed by atoms with Gasteiger partial charge in [0.25, 0.3) is 0 Å². The minimum Gasteiger partial charge on any atom is -0.325 e. The zero-order valence-electron chi connectivity index (χ0n) is 8.54. The van der Waals surface area contributed by atoms with Crippen LogP contribution in [-0.2, 0) is 0 Å². The minimum atomic E-state index is 0.455. The second kappa shape index (κ2) is 4.22. The van der Waals surface area contributed by atoms with Crippen molar-refractivity contribution in [3.8, 4) is 0 Å². The van der Waals surface area contributed by atoms with E-state index in [2.05, 4.69) is 66.7 Å². The lowest BCUT2D eigenvalue weighted by molar-refractivity contribution is 0.731. The molecule has 1 atom stereocenters. The lowest BCUT2D eigenvalue weighted by Gasteiger charge is -2.25. The van der Waals surface area contributed by atoms with Crippen molar-refractivity contribution in [3.63, 3.8) is 0 Å². The molecule has 0 amide bonds. The van der Waals surface area contributed by atoms with Gasteiger partial charge in [0, 0.05) is 11.7 Å². The van der Waals surface area contributed by atoms with E-state index in [1.807, 2.05) is 0 Å². The molecule has 3 nitrogen and oxygen atoms in total. The minimum absolute atomic E-state index is 0.455. The normalized spacial score (nSPS) is 20.7. The summed E-state index contributed by atoms with van der Waals surface area (Å²) in [7, 11) is 0. The zero-order valence-corrected chi connectivity index (χ0v) is 11.7. The van der Waals surface area contributed by atoms with Gasteiger partial charge in [0.2, 0.25) is 0 Å². The standard InChI is InChI=1S/C10H11Br2N3/c1-6-3-4-7(2)15(6)10-9(12)14-8(11)5-13-10/h3,5,7H,4H2,1-2H3. The van der Waals surface area contributed by atoms with Crippen molar-refractivity contribution < 1.29 is 0 Å². The summed E-state index contributed by atoms with van der Waals surface area (Å²) >= 11 is 6.74. The lowest BCUT2D eigenvalue weighted by Crippen LogP contribution is -2.27. The summed E-state index contributed by atoms with van der Waals surface area (Å²) in [4.78, 5) is 10.9. The third kappa shape index (κ3) is 2.08. The van der Waals surface area contributed by atoms with Gasteiger partial charge in [0.05, 0.1) is 6.20 Å². The molecule has 80 valence electrons. The first-order chi connectivity index (χ1) is 7.09. The van der Waals surface area contributed by atoms with E-state index in [4.69, 9.17) is 0 Å². The molecule has 0 saturated heterocycles. The second-order valence-corrected chi connectivity index (χ2v) is 5.17. The molecular weight excluding hydrogens is 322 g/mol. The first-order valence-electron chi connectivity index (χ1n) is 4.73. The molecule has 1 aliphatic rings. The van der Waals surface area contributed by atoms with Crippen molar-refractivity contribution in [1.82, 2.24) is 9.97 Å². The average molecular weight is 333 g/mol. The number of rotatable bonds is 1. The molecule has 0 spiro atoms. The van der Waals surface area contributed by atoms with Gasteiger partial charge in [-0.2, -0.15) is 0 Å². The van der Waals surface area contributed by atoms with Crippen molar-refractivity contribution in [2.24, 2.45) is 0 Å². The molecule has 0 bridgehead atoms. The van der Waals surface area contributed by atoms with Crippen molar-refractivity contribution in [1.29, 1.82) is 0 Å². The molecule has 0 N–H and O–H groups in total. The fourth-order valence-electron chi connectivity index (χ4n) is 1.77. The van der Waals surface area contributed by atoms with Crippen molar-refractivity contribution in [3.05, 3.63) is 27.2 Å². The third-order valence-electron chi connectivity index (χ3n) is 2.49. The van der Waals surface area contributed by atoms with Crippen LogP contribution in [0.3, 0.4) is 0 Å². The highest BCUT2D eigenvalue weighted by molar-refractivity contribution is 9.11. The van der Waals surface area contributed by atoms with Crippen molar-refractivity contribution >= 4 is 37.7 Å². The Balaban J connectivity index is 2.41. The quantitative estimate of drug-likeness (QED) is 0.788. The van der Waals surface area contributed by atoms with E-state index in [1.54, 1.807) is 6.20 Å². The summed E-state index contributed by atoms with van der Waals surface area (Å²) in [6.07, 6.45) is 5.01. The Morgan fingerprint density at radius 1 is 1.47 bits per heavy atom. The Kier molecular flexibility index (Phi) is 3.11. The Bertz CT molecular complexity index is 417. The summed E-state index contributed by atoms with van der Waals surface area (Å²) in [5.74, 6) is 0.886. The highest BCUT2D eigenvalue weighted by Crippen LogP contribution is 2.32. The summed E-state index contributed by atoms with van der Waals surface area (Å²) < 4.78 is 1.52. The highest BCUT2D eigenvalue weighted by atomic mass is 79.9. The highest BCUT2D eigenvalue weighted by Gasteiger charge is 2.24. The molecule has 1 aromatic heterocycles. The van der Waals surface area contributed by atoms with Crippen molar-refractivity contribution in [2.75, 3.05) is 4.90 Å². The fourth-order valence-corrected chi connectivity index (χ4v) is 2.77. The maximum atomic E-state index is 4.39. The molecule has 0 aromatic carbocycles. The number of allylic oxidation sites excluding steroid dienone is 1. The van der Waals surface area contributed by atoms with Crippen LogP contribution in [0, 0.1) is 0 Å². The van der Waals surface area contributed by atoms with E-state index in [0.717, 1.165) is 21.4 Å². The SMILES string of the molecule is CC1=CCC(C)N1c1ncc(Br)nc1Br. The van der Waals surface area contributed by atoms with Gasteiger partial charge in [0.1, 0.15) is 9.21 Å². The van der Waals surface area contributed by atoms with E-state index >= 15 is 0 Å². The predicted molar refractivity (Wildman–Crippen MR) is 67.7 cm³/mol. The number of hydrogen-bond donors (Lipinski definition) is 0. The van der Waals surface area contributed by atoms with Crippen molar-refractivity contribution in [2.45, 2.75) is 26.3 Å². The maximum absolute atomic E-state index is 4.39. The van der Waals surface area contributed by atoms with Crippen LogP contribution in [0.2, 0.25) is 0 Å². The number of aromatic nitrogens is 2. The van der Waals surface area contributed by atoms with Gasteiger partial charge in [-0.1, -0.05) is 6.08 Å². The van der Waals surface area contributed by atoms with Gasteiger partial charge in [-0.15, -0.1) is 0 Å². The number of halogens is 2. The van der Waals surface area contributed by atoms with Crippen LogP contribution in [0.15, 0.2) is 27.2 Å². The molecule has 0 radical (unpaired) electrons. The monoisotopic (exact) mass is 331 g/mol. The number of anilines is 1.